The summed E-state index contributed by atoms with van der Waals surface area (Å²) >= 11 is -3.82. The first-order chi connectivity index (χ1) is 17.6. The Morgan fingerprint density at radius 2 is 1.03 bits per heavy atom. The van der Waals surface area contributed by atoms with E-state index in [-0.39, 0.29) is 3.43 Å². The van der Waals surface area contributed by atoms with Gasteiger partial charge in [-0.05, 0) is 0 Å². The van der Waals surface area contributed by atoms with Gasteiger partial charge in [-0.3, -0.25) is 0 Å². The standard InChI is InChI=1S/C21H42.2C6H6O.Sn/c1-6-11-15-20(16-12-7-2)21(17-10-5,18-13-8-3)19-14-9-4;2*7-6-4-2-1-3-5-6;/h5-19H2,1-4H3;2*1-5,7H;/q;;;+2/p-2. The van der Waals surface area contributed by atoms with Crippen molar-refractivity contribution in [2.75, 3.05) is 0 Å². The quantitative estimate of drug-likeness (QED) is 0.179. The molecule has 0 saturated carbocycles. The van der Waals surface area contributed by atoms with Gasteiger partial charge in [-0.15, -0.1) is 0 Å². The van der Waals surface area contributed by atoms with E-state index in [9.17, 15) is 0 Å². The zero-order valence-corrected chi connectivity index (χ0v) is 26.6. The monoisotopic (exact) mass is 600 g/mol. The second-order valence-corrected chi connectivity index (χ2v) is 20.8. The van der Waals surface area contributed by atoms with Crippen molar-refractivity contribution in [2.24, 2.45) is 5.41 Å². The van der Waals surface area contributed by atoms with Crippen molar-refractivity contribution in [1.29, 1.82) is 0 Å². The van der Waals surface area contributed by atoms with Crippen LogP contribution in [0.3, 0.4) is 0 Å². The zero-order valence-electron chi connectivity index (χ0n) is 23.7. The molecule has 3 heteroatoms. The molecule has 200 valence electrons. The van der Waals surface area contributed by atoms with Gasteiger partial charge >= 0.3 is 228 Å². The van der Waals surface area contributed by atoms with Crippen molar-refractivity contribution in [3.8, 4) is 11.5 Å². The first-order valence-electron chi connectivity index (χ1n) is 15.1. The van der Waals surface area contributed by atoms with Crippen LogP contribution in [0.1, 0.15) is 118 Å². The Balaban J connectivity index is 2.25. The minimum atomic E-state index is -3.82. The van der Waals surface area contributed by atoms with Crippen LogP contribution in [0.4, 0.5) is 0 Å². The van der Waals surface area contributed by atoms with E-state index in [4.69, 9.17) is 6.15 Å². The third-order valence-electron chi connectivity index (χ3n) is 8.89. The summed E-state index contributed by atoms with van der Waals surface area (Å²) in [5.41, 5.74) is 0.335. The fourth-order valence-electron chi connectivity index (χ4n) is 7.10. The van der Waals surface area contributed by atoms with Crippen molar-refractivity contribution in [1.82, 2.24) is 0 Å². The first kappa shape index (κ1) is 29.4. The van der Waals surface area contributed by atoms with Gasteiger partial charge in [0.25, 0.3) is 0 Å². The van der Waals surface area contributed by atoms with E-state index in [2.05, 4.69) is 88.4 Å². The van der Waals surface area contributed by atoms with E-state index >= 15 is 0 Å². The number of hydrogen-bond acceptors (Lipinski definition) is 2. The molecule has 1 heterocycles. The van der Waals surface area contributed by atoms with E-state index in [0.29, 0.717) is 5.41 Å². The van der Waals surface area contributed by atoms with Crippen LogP contribution in [-0.4, -0.2) is 19.2 Å². The Morgan fingerprint density at radius 1 is 0.611 bits per heavy atom. The molecule has 0 bridgehead atoms. The Kier molecular flexibility index (Phi) is 12.0. The molecule has 2 aromatic carbocycles. The van der Waals surface area contributed by atoms with Crippen molar-refractivity contribution in [2.45, 2.75) is 125 Å². The summed E-state index contributed by atoms with van der Waals surface area (Å²) in [6.45, 7) is 9.47. The molecule has 2 aromatic rings. The van der Waals surface area contributed by atoms with Crippen molar-refractivity contribution >= 4 is 19.2 Å². The molecule has 0 aromatic heterocycles. The van der Waals surface area contributed by atoms with Crippen LogP contribution in [-0.2, 0) is 0 Å². The molecule has 0 unspecified atom stereocenters. The van der Waals surface area contributed by atoms with Gasteiger partial charge in [-0.1, -0.05) is 0 Å². The Bertz CT molecular complexity index is 793. The number of hydrogen-bond donors (Lipinski definition) is 0. The summed E-state index contributed by atoms with van der Waals surface area (Å²) in [5.74, 6) is 2.06. The predicted octanol–water partition coefficient (Wildman–Crippen LogP) is 10.9. The summed E-state index contributed by atoms with van der Waals surface area (Å²) < 4.78 is 16.3. The van der Waals surface area contributed by atoms with Crippen molar-refractivity contribution in [3.63, 3.8) is 0 Å². The van der Waals surface area contributed by atoms with Crippen LogP contribution in [0.5, 0.6) is 11.5 Å². The Hall–Kier alpha value is -1.16. The molecule has 1 aliphatic rings. The summed E-state index contributed by atoms with van der Waals surface area (Å²) in [7, 11) is 0. The average Bonchev–Trinajstić information content (AvgIpc) is 2.91. The minimum absolute atomic E-state index is 0.183. The molecule has 0 amide bonds. The molecule has 1 saturated heterocycles. The third-order valence-corrected chi connectivity index (χ3v) is 22.1. The van der Waals surface area contributed by atoms with Crippen LogP contribution in [0.25, 0.3) is 0 Å². The first-order valence-corrected chi connectivity index (χ1v) is 20.9. The second kappa shape index (κ2) is 14.7. The summed E-state index contributed by atoms with van der Waals surface area (Å²) in [6.07, 6.45) is 18.0. The molecule has 0 aliphatic carbocycles. The molecular weight excluding hydrogens is 547 g/mol. The van der Waals surface area contributed by atoms with Crippen LogP contribution >= 0.6 is 0 Å². The number of benzene rings is 2. The SMILES string of the molecule is CCCCC1(CCCC)CC[CH2][Sn]([O]c2ccccc2)([O]c2ccccc2)[C]1(CCCC)CCCC. The third kappa shape index (κ3) is 6.63. The van der Waals surface area contributed by atoms with Crippen LogP contribution in [0.15, 0.2) is 60.7 Å². The van der Waals surface area contributed by atoms with Crippen LogP contribution < -0.4 is 6.15 Å². The van der Waals surface area contributed by atoms with Gasteiger partial charge in [-0.2, -0.15) is 0 Å². The van der Waals surface area contributed by atoms with E-state index < -0.39 is 19.2 Å². The van der Waals surface area contributed by atoms with Gasteiger partial charge in [0.15, 0.2) is 0 Å². The summed E-state index contributed by atoms with van der Waals surface area (Å²) in [5, 5.41) is 0. The molecule has 1 fully saturated rings. The van der Waals surface area contributed by atoms with E-state index in [1.165, 1.54) is 89.9 Å². The zero-order chi connectivity index (χ0) is 25.7. The van der Waals surface area contributed by atoms with Gasteiger partial charge in [0.05, 0.1) is 0 Å². The molecule has 0 atom stereocenters. The fourth-order valence-corrected chi connectivity index (χ4v) is 21.6. The molecule has 1 aliphatic heterocycles. The molecule has 0 spiro atoms. The van der Waals surface area contributed by atoms with Gasteiger partial charge in [0, 0.05) is 0 Å². The van der Waals surface area contributed by atoms with Crippen molar-refractivity contribution < 1.29 is 6.15 Å². The maximum absolute atomic E-state index is 7.46. The Labute approximate surface area is 227 Å². The fraction of sp³-hybridized carbons (Fsp3) is 0.636. The Morgan fingerprint density at radius 3 is 1.44 bits per heavy atom. The molecule has 0 radical (unpaired) electrons. The van der Waals surface area contributed by atoms with E-state index in [0.717, 1.165) is 15.9 Å². The normalized spacial score (nSPS) is 18.0. The number of rotatable bonds is 16. The van der Waals surface area contributed by atoms with Gasteiger partial charge in [0.1, 0.15) is 0 Å². The van der Waals surface area contributed by atoms with E-state index in [1.54, 1.807) is 0 Å². The second-order valence-electron chi connectivity index (χ2n) is 11.2. The molecule has 36 heavy (non-hydrogen) atoms. The van der Waals surface area contributed by atoms with Crippen LogP contribution in [0, 0.1) is 5.41 Å². The average molecular weight is 599 g/mol. The van der Waals surface area contributed by atoms with E-state index in [1.807, 2.05) is 0 Å². The topological polar surface area (TPSA) is 18.5 Å². The predicted molar refractivity (Wildman–Crippen MR) is 157 cm³/mol. The number of unbranched alkanes of at least 4 members (excludes halogenated alkanes) is 4. The van der Waals surface area contributed by atoms with Gasteiger partial charge in [0.2, 0.25) is 0 Å². The van der Waals surface area contributed by atoms with Crippen molar-refractivity contribution in [3.05, 3.63) is 60.7 Å². The maximum atomic E-state index is 7.46. The molecule has 2 nitrogen and oxygen atoms in total. The summed E-state index contributed by atoms with van der Waals surface area (Å²) in [4.78, 5) is 0. The van der Waals surface area contributed by atoms with Crippen LogP contribution in [0.2, 0.25) is 7.87 Å². The molecule has 0 N–H and O–H groups in total. The van der Waals surface area contributed by atoms with Gasteiger partial charge in [-0.25, -0.2) is 0 Å². The molecule has 3 rings (SSSR count). The van der Waals surface area contributed by atoms with Gasteiger partial charge < -0.3 is 0 Å². The molecular formula is C33H52O2Sn. The number of para-hydroxylation sites is 2. The summed E-state index contributed by atoms with van der Waals surface area (Å²) in [6, 6.07) is 21.4.